The highest BCUT2D eigenvalue weighted by molar-refractivity contribution is 5.78. The molecular weight excluding hydrogens is 318 g/mol. The maximum absolute atomic E-state index is 12.6. The van der Waals surface area contributed by atoms with Crippen molar-refractivity contribution in [2.75, 3.05) is 39.1 Å². The molecule has 3 rings (SSSR count). The third-order valence-electron chi connectivity index (χ3n) is 4.46. The van der Waals surface area contributed by atoms with Crippen LogP contribution in [0.3, 0.4) is 0 Å². The number of hydrogen-bond acceptors (Lipinski definition) is 6. The SMILES string of the molecule is Cc1ccc(CN(C)C(=O)CN2CCc3ncnc(N(C)C)c3C2)o1. The summed E-state index contributed by atoms with van der Waals surface area (Å²) in [6.07, 6.45) is 2.46. The third kappa shape index (κ3) is 3.99. The van der Waals surface area contributed by atoms with Gasteiger partial charge in [0.2, 0.25) is 5.91 Å². The Labute approximate surface area is 148 Å². The molecule has 0 saturated heterocycles. The van der Waals surface area contributed by atoms with Crippen molar-refractivity contribution in [2.24, 2.45) is 0 Å². The molecule has 2 aromatic rings. The molecule has 25 heavy (non-hydrogen) atoms. The van der Waals surface area contributed by atoms with Crippen LogP contribution in [0.2, 0.25) is 0 Å². The fourth-order valence-electron chi connectivity index (χ4n) is 3.11. The fourth-order valence-corrected chi connectivity index (χ4v) is 3.11. The maximum Gasteiger partial charge on any atom is 0.236 e. The molecule has 1 amide bonds. The van der Waals surface area contributed by atoms with Crippen LogP contribution in [0.25, 0.3) is 0 Å². The van der Waals surface area contributed by atoms with Crippen LogP contribution in [0.4, 0.5) is 5.82 Å². The fraction of sp³-hybridized carbons (Fsp3) is 0.500. The van der Waals surface area contributed by atoms with Gasteiger partial charge in [-0.15, -0.1) is 0 Å². The first-order chi connectivity index (χ1) is 11.9. The minimum absolute atomic E-state index is 0.0840. The first kappa shape index (κ1) is 17.4. The lowest BCUT2D eigenvalue weighted by molar-refractivity contribution is -0.132. The Morgan fingerprint density at radius 2 is 2.08 bits per heavy atom. The summed E-state index contributed by atoms with van der Waals surface area (Å²) < 4.78 is 5.55. The zero-order valence-corrected chi connectivity index (χ0v) is 15.3. The minimum atomic E-state index is 0.0840. The monoisotopic (exact) mass is 343 g/mol. The molecule has 7 heteroatoms. The highest BCUT2D eigenvalue weighted by Crippen LogP contribution is 2.24. The molecule has 134 valence electrons. The molecule has 0 spiro atoms. The molecule has 0 fully saturated rings. The van der Waals surface area contributed by atoms with E-state index in [2.05, 4.69) is 14.9 Å². The minimum Gasteiger partial charge on any atom is -0.464 e. The van der Waals surface area contributed by atoms with Gasteiger partial charge >= 0.3 is 0 Å². The molecule has 0 N–H and O–H groups in total. The maximum atomic E-state index is 12.6. The molecule has 0 aromatic carbocycles. The number of rotatable bonds is 5. The highest BCUT2D eigenvalue weighted by atomic mass is 16.3. The van der Waals surface area contributed by atoms with Crippen molar-refractivity contribution in [3.63, 3.8) is 0 Å². The predicted molar refractivity (Wildman–Crippen MR) is 95.3 cm³/mol. The molecule has 1 aliphatic heterocycles. The number of fused-ring (bicyclic) bond motifs is 1. The molecule has 3 heterocycles. The van der Waals surface area contributed by atoms with E-state index in [0.29, 0.717) is 19.6 Å². The summed E-state index contributed by atoms with van der Waals surface area (Å²) in [4.78, 5) is 27.2. The summed E-state index contributed by atoms with van der Waals surface area (Å²) in [5.74, 6) is 2.68. The second-order valence-corrected chi connectivity index (χ2v) is 6.74. The molecule has 7 nitrogen and oxygen atoms in total. The van der Waals surface area contributed by atoms with Gasteiger partial charge in [0.05, 0.1) is 18.8 Å². The van der Waals surface area contributed by atoms with E-state index in [4.69, 9.17) is 4.42 Å². The van der Waals surface area contributed by atoms with Crippen LogP contribution < -0.4 is 4.90 Å². The third-order valence-corrected chi connectivity index (χ3v) is 4.46. The van der Waals surface area contributed by atoms with Gasteiger partial charge in [-0.2, -0.15) is 0 Å². The van der Waals surface area contributed by atoms with E-state index in [1.165, 1.54) is 0 Å². The van der Waals surface area contributed by atoms with Crippen molar-refractivity contribution in [1.82, 2.24) is 19.8 Å². The zero-order valence-electron chi connectivity index (χ0n) is 15.3. The molecule has 0 aliphatic carbocycles. The van der Waals surface area contributed by atoms with Gasteiger partial charge < -0.3 is 14.2 Å². The zero-order chi connectivity index (χ0) is 18.0. The normalized spacial score (nSPS) is 14.2. The number of aromatic nitrogens is 2. The second-order valence-electron chi connectivity index (χ2n) is 6.74. The summed E-state index contributed by atoms with van der Waals surface area (Å²) in [7, 11) is 5.77. The van der Waals surface area contributed by atoms with Gasteiger partial charge in [0, 0.05) is 46.2 Å². The second kappa shape index (κ2) is 7.23. The van der Waals surface area contributed by atoms with Crippen LogP contribution in [0, 0.1) is 6.92 Å². The van der Waals surface area contributed by atoms with Crippen LogP contribution in [0.15, 0.2) is 22.9 Å². The number of aryl methyl sites for hydroxylation is 1. The van der Waals surface area contributed by atoms with Crippen molar-refractivity contribution in [2.45, 2.75) is 26.4 Å². The molecule has 0 unspecified atom stereocenters. The van der Waals surface area contributed by atoms with Crippen LogP contribution in [-0.4, -0.2) is 59.9 Å². The summed E-state index contributed by atoms with van der Waals surface area (Å²) in [6, 6.07) is 3.83. The summed E-state index contributed by atoms with van der Waals surface area (Å²) in [5, 5.41) is 0. The van der Waals surface area contributed by atoms with Crippen LogP contribution in [-0.2, 0) is 24.3 Å². The summed E-state index contributed by atoms with van der Waals surface area (Å²) in [6.45, 7) is 4.31. The van der Waals surface area contributed by atoms with Crippen molar-refractivity contribution in [3.05, 3.63) is 41.2 Å². The Hall–Kier alpha value is -2.41. The quantitative estimate of drug-likeness (QED) is 0.819. The van der Waals surface area contributed by atoms with E-state index in [0.717, 1.165) is 41.6 Å². The molecule has 1 aliphatic rings. The number of carbonyl (C=O) groups excluding carboxylic acids is 1. The van der Waals surface area contributed by atoms with Crippen LogP contribution >= 0.6 is 0 Å². The Morgan fingerprint density at radius 1 is 1.28 bits per heavy atom. The largest absolute Gasteiger partial charge is 0.464 e. The van der Waals surface area contributed by atoms with E-state index in [-0.39, 0.29) is 5.91 Å². The lowest BCUT2D eigenvalue weighted by atomic mass is 10.1. The number of furan rings is 1. The lowest BCUT2D eigenvalue weighted by Crippen LogP contribution is -2.41. The van der Waals surface area contributed by atoms with E-state index < -0.39 is 0 Å². The van der Waals surface area contributed by atoms with Crippen LogP contribution in [0.5, 0.6) is 0 Å². The highest BCUT2D eigenvalue weighted by Gasteiger charge is 2.24. The number of amides is 1. The Balaban J connectivity index is 1.63. The number of likely N-dealkylation sites (N-methyl/N-ethyl adjacent to an activating group) is 1. The Bertz CT molecular complexity index is 756. The molecule has 0 radical (unpaired) electrons. The average Bonchev–Trinajstić information content (AvgIpc) is 2.98. The lowest BCUT2D eigenvalue weighted by Gasteiger charge is -2.30. The molecule has 0 atom stereocenters. The van der Waals surface area contributed by atoms with Crippen molar-refractivity contribution in [1.29, 1.82) is 0 Å². The first-order valence-electron chi connectivity index (χ1n) is 8.45. The topological polar surface area (TPSA) is 65.7 Å². The van der Waals surface area contributed by atoms with E-state index in [1.807, 2.05) is 45.1 Å². The Morgan fingerprint density at radius 3 is 2.76 bits per heavy atom. The first-order valence-corrected chi connectivity index (χ1v) is 8.45. The average molecular weight is 343 g/mol. The molecule has 2 aromatic heterocycles. The van der Waals surface area contributed by atoms with Gasteiger partial charge in [-0.1, -0.05) is 0 Å². The van der Waals surface area contributed by atoms with E-state index in [9.17, 15) is 4.79 Å². The number of anilines is 1. The number of nitrogens with zero attached hydrogens (tertiary/aromatic N) is 5. The van der Waals surface area contributed by atoms with Gasteiger partial charge in [0.15, 0.2) is 0 Å². The van der Waals surface area contributed by atoms with Crippen molar-refractivity contribution in [3.8, 4) is 0 Å². The number of hydrogen-bond donors (Lipinski definition) is 0. The van der Waals surface area contributed by atoms with Gasteiger partial charge in [0.25, 0.3) is 0 Å². The van der Waals surface area contributed by atoms with Gasteiger partial charge in [0.1, 0.15) is 23.7 Å². The predicted octanol–water partition coefficient (Wildman–Crippen LogP) is 1.46. The van der Waals surface area contributed by atoms with Gasteiger partial charge in [-0.05, 0) is 19.1 Å². The number of carbonyl (C=O) groups is 1. The Kier molecular flexibility index (Phi) is 5.03. The van der Waals surface area contributed by atoms with E-state index >= 15 is 0 Å². The van der Waals surface area contributed by atoms with Crippen LogP contribution in [0.1, 0.15) is 22.8 Å². The molecular formula is C18H25N5O2. The smallest absolute Gasteiger partial charge is 0.236 e. The summed E-state index contributed by atoms with van der Waals surface area (Å²) >= 11 is 0. The van der Waals surface area contributed by atoms with Gasteiger partial charge in [-0.25, -0.2) is 9.97 Å². The van der Waals surface area contributed by atoms with Crippen molar-refractivity contribution >= 4 is 11.7 Å². The van der Waals surface area contributed by atoms with E-state index in [1.54, 1.807) is 11.2 Å². The molecule has 0 saturated carbocycles. The molecule has 0 bridgehead atoms. The summed E-state index contributed by atoms with van der Waals surface area (Å²) in [5.41, 5.74) is 2.21. The van der Waals surface area contributed by atoms with Crippen molar-refractivity contribution < 1.29 is 9.21 Å². The standard InChI is InChI=1S/C18H25N5O2/c1-13-5-6-14(25-13)9-22(4)17(24)11-23-8-7-16-15(10-23)18(21(2)3)20-12-19-16/h5-6,12H,7-11H2,1-4H3. The van der Waals surface area contributed by atoms with Gasteiger partial charge in [-0.3, -0.25) is 9.69 Å².